The Labute approximate surface area is 184 Å². The summed E-state index contributed by atoms with van der Waals surface area (Å²) in [5, 5.41) is 4.35. The summed E-state index contributed by atoms with van der Waals surface area (Å²) in [7, 11) is 1.73. The van der Waals surface area contributed by atoms with Crippen LogP contribution < -0.4 is 5.32 Å². The molecule has 0 bridgehead atoms. The van der Waals surface area contributed by atoms with Gasteiger partial charge in [0, 0.05) is 57.2 Å². The van der Waals surface area contributed by atoms with Crippen LogP contribution in [0.1, 0.15) is 63.4 Å². The number of amides is 1. The van der Waals surface area contributed by atoms with E-state index in [0.29, 0.717) is 31.5 Å². The van der Waals surface area contributed by atoms with Gasteiger partial charge in [-0.05, 0) is 37.7 Å². The molecule has 1 saturated carbocycles. The summed E-state index contributed by atoms with van der Waals surface area (Å²) in [6, 6.07) is 0.0618. The summed E-state index contributed by atoms with van der Waals surface area (Å²) in [6.45, 7) is 9.90. The number of methoxy groups -OCH3 is 1. The van der Waals surface area contributed by atoms with Crippen LogP contribution >= 0.6 is 0 Å². The van der Waals surface area contributed by atoms with Crippen molar-refractivity contribution in [2.45, 2.75) is 70.7 Å². The van der Waals surface area contributed by atoms with Crippen molar-refractivity contribution in [3.05, 3.63) is 23.8 Å². The minimum Gasteiger partial charge on any atom is -0.385 e. The Morgan fingerprint density at radius 3 is 2.84 bits per heavy atom. The second kappa shape index (κ2) is 9.63. The zero-order chi connectivity index (χ0) is 22.0. The van der Waals surface area contributed by atoms with E-state index in [1.165, 1.54) is 5.56 Å². The second-order valence-electron chi connectivity index (χ2n) is 8.96. The number of carbonyl (C=O) groups is 1. The fourth-order valence-electron chi connectivity index (χ4n) is 4.37. The van der Waals surface area contributed by atoms with Gasteiger partial charge in [-0.3, -0.25) is 4.79 Å². The number of morpholine rings is 1. The van der Waals surface area contributed by atoms with Crippen LogP contribution in [0.25, 0.3) is 11.0 Å². The van der Waals surface area contributed by atoms with Gasteiger partial charge in [-0.2, -0.15) is 0 Å². The number of nitrogens with zero attached hydrogens (tertiary/aromatic N) is 4. The highest BCUT2D eigenvalue weighted by molar-refractivity contribution is 5.83. The minimum absolute atomic E-state index is 0.0456. The highest BCUT2D eigenvalue weighted by Gasteiger charge is 2.40. The van der Waals surface area contributed by atoms with Crippen LogP contribution in [0, 0.1) is 0 Å². The molecule has 0 radical (unpaired) electrons. The third-order valence-corrected chi connectivity index (χ3v) is 6.22. The van der Waals surface area contributed by atoms with Crippen LogP contribution in [0.15, 0.2) is 12.4 Å². The Bertz CT molecular complexity index is 902. The van der Waals surface area contributed by atoms with Crippen molar-refractivity contribution in [1.82, 2.24) is 24.8 Å². The molecule has 0 spiro atoms. The van der Waals surface area contributed by atoms with Crippen molar-refractivity contribution in [2.24, 2.45) is 0 Å². The molecule has 2 atom stereocenters. The molecule has 2 aliphatic rings. The molecule has 8 heteroatoms. The average molecular weight is 430 g/mol. The van der Waals surface area contributed by atoms with E-state index < -0.39 is 6.10 Å². The van der Waals surface area contributed by atoms with Gasteiger partial charge in [0.15, 0.2) is 5.82 Å². The van der Waals surface area contributed by atoms with Gasteiger partial charge in [-0.25, -0.2) is 9.97 Å². The minimum atomic E-state index is -0.425. The molecule has 1 aliphatic carbocycles. The number of hydrogen-bond donors (Lipinski definition) is 1. The monoisotopic (exact) mass is 429 g/mol. The van der Waals surface area contributed by atoms with Crippen molar-refractivity contribution >= 4 is 16.9 Å². The number of rotatable bonds is 9. The van der Waals surface area contributed by atoms with Gasteiger partial charge in [0.05, 0.1) is 12.6 Å². The molecule has 0 aromatic carbocycles. The summed E-state index contributed by atoms with van der Waals surface area (Å²) in [6.07, 6.45) is 6.69. The Balaban J connectivity index is 1.63. The fourth-order valence-corrected chi connectivity index (χ4v) is 4.37. The molecule has 8 nitrogen and oxygen atoms in total. The van der Waals surface area contributed by atoms with Crippen LogP contribution in [0.3, 0.4) is 0 Å². The van der Waals surface area contributed by atoms with Crippen LogP contribution in [0.5, 0.6) is 0 Å². The van der Waals surface area contributed by atoms with Crippen molar-refractivity contribution in [3.63, 3.8) is 0 Å². The molecule has 1 amide bonds. The lowest BCUT2D eigenvalue weighted by Gasteiger charge is -2.33. The van der Waals surface area contributed by atoms with E-state index in [1.54, 1.807) is 7.11 Å². The maximum absolute atomic E-state index is 13.3. The van der Waals surface area contributed by atoms with E-state index in [2.05, 4.69) is 29.9 Å². The second-order valence-corrected chi connectivity index (χ2v) is 8.96. The first-order chi connectivity index (χ1) is 15.0. The summed E-state index contributed by atoms with van der Waals surface area (Å²) < 4.78 is 13.2. The standard InChI is InChI=1S/C23H35N5O3/c1-15(2)19-14-27(9-5-10-30-4)22-18(19)12-25-21(26-22)16(3)28(17-6-7-17)23(29)20-13-24-8-11-31-20/h12,14-17,20,24H,5-11,13H2,1-4H3/t16-,20-/m1/s1. The molecule has 1 N–H and O–H groups in total. The van der Waals surface area contributed by atoms with Crippen molar-refractivity contribution in [2.75, 3.05) is 33.4 Å². The zero-order valence-corrected chi connectivity index (χ0v) is 19.1. The van der Waals surface area contributed by atoms with Crippen LogP contribution in [-0.4, -0.2) is 70.9 Å². The van der Waals surface area contributed by atoms with Gasteiger partial charge in [0.25, 0.3) is 5.91 Å². The van der Waals surface area contributed by atoms with E-state index in [9.17, 15) is 4.79 Å². The number of fused-ring (bicyclic) bond motifs is 1. The third kappa shape index (κ3) is 4.76. The quantitative estimate of drug-likeness (QED) is 0.617. The highest BCUT2D eigenvalue weighted by atomic mass is 16.5. The van der Waals surface area contributed by atoms with Gasteiger partial charge >= 0.3 is 0 Å². The molecule has 31 heavy (non-hydrogen) atoms. The number of aryl methyl sites for hydroxylation is 1. The van der Waals surface area contributed by atoms with Gasteiger partial charge < -0.3 is 24.3 Å². The largest absolute Gasteiger partial charge is 0.385 e. The van der Waals surface area contributed by atoms with Crippen molar-refractivity contribution < 1.29 is 14.3 Å². The lowest BCUT2D eigenvalue weighted by atomic mass is 10.0. The Kier molecular flexibility index (Phi) is 6.89. The molecule has 1 saturated heterocycles. The Morgan fingerprint density at radius 1 is 1.39 bits per heavy atom. The fraction of sp³-hybridized carbons (Fsp3) is 0.696. The zero-order valence-electron chi connectivity index (χ0n) is 19.1. The van der Waals surface area contributed by atoms with E-state index in [-0.39, 0.29) is 18.0 Å². The summed E-state index contributed by atoms with van der Waals surface area (Å²) in [4.78, 5) is 24.9. The SMILES string of the molecule is COCCCn1cc(C(C)C)c2cnc([C@@H](C)N(C(=O)[C@H]3CNCCO3)C3CC3)nc21. The molecule has 1 aliphatic heterocycles. The molecule has 3 heterocycles. The predicted octanol–water partition coefficient (Wildman–Crippen LogP) is 2.63. The van der Waals surface area contributed by atoms with Crippen LogP contribution in [0.4, 0.5) is 0 Å². The number of aromatic nitrogens is 3. The van der Waals surface area contributed by atoms with E-state index >= 15 is 0 Å². The Hall–Kier alpha value is -2.03. The third-order valence-electron chi connectivity index (χ3n) is 6.22. The molecular weight excluding hydrogens is 394 g/mol. The smallest absolute Gasteiger partial charge is 0.253 e. The van der Waals surface area contributed by atoms with Crippen LogP contribution in [-0.2, 0) is 20.8 Å². The topological polar surface area (TPSA) is 81.5 Å². The number of carbonyl (C=O) groups excluding carboxylic acids is 1. The number of nitrogens with one attached hydrogen (secondary N) is 1. The van der Waals surface area contributed by atoms with Crippen molar-refractivity contribution in [3.8, 4) is 0 Å². The molecule has 170 valence electrons. The summed E-state index contributed by atoms with van der Waals surface area (Å²) >= 11 is 0. The molecular formula is C23H35N5O3. The number of hydrogen-bond acceptors (Lipinski definition) is 6. The molecule has 2 aromatic heterocycles. The van der Waals surface area contributed by atoms with Gasteiger partial charge in [0.1, 0.15) is 11.8 Å². The predicted molar refractivity (Wildman–Crippen MR) is 119 cm³/mol. The summed E-state index contributed by atoms with van der Waals surface area (Å²) in [5.41, 5.74) is 2.19. The maximum atomic E-state index is 13.3. The lowest BCUT2D eigenvalue weighted by Crippen LogP contribution is -2.50. The Morgan fingerprint density at radius 2 is 2.19 bits per heavy atom. The molecule has 0 unspecified atom stereocenters. The average Bonchev–Trinajstić information content (AvgIpc) is 3.55. The number of ether oxygens (including phenoxy) is 2. The molecule has 2 aromatic rings. The highest BCUT2D eigenvalue weighted by Crippen LogP contribution is 2.35. The maximum Gasteiger partial charge on any atom is 0.253 e. The normalized spacial score (nSPS) is 20.4. The first-order valence-corrected chi connectivity index (χ1v) is 11.5. The van der Waals surface area contributed by atoms with E-state index in [4.69, 9.17) is 19.4 Å². The first kappa shape index (κ1) is 22.2. The summed E-state index contributed by atoms with van der Waals surface area (Å²) in [5.74, 6) is 1.13. The van der Waals surface area contributed by atoms with Gasteiger partial charge in [-0.15, -0.1) is 0 Å². The van der Waals surface area contributed by atoms with E-state index in [0.717, 1.165) is 43.4 Å². The first-order valence-electron chi connectivity index (χ1n) is 11.5. The van der Waals surface area contributed by atoms with Gasteiger partial charge in [-0.1, -0.05) is 13.8 Å². The van der Waals surface area contributed by atoms with E-state index in [1.807, 2.05) is 18.0 Å². The molecule has 4 rings (SSSR count). The van der Waals surface area contributed by atoms with Crippen LogP contribution in [0.2, 0.25) is 0 Å². The van der Waals surface area contributed by atoms with Crippen molar-refractivity contribution in [1.29, 1.82) is 0 Å². The lowest BCUT2D eigenvalue weighted by molar-refractivity contribution is -0.148. The molecule has 2 fully saturated rings. The van der Waals surface area contributed by atoms with Gasteiger partial charge in [0.2, 0.25) is 0 Å².